The Morgan fingerprint density at radius 2 is 1.90 bits per heavy atom. The van der Waals surface area contributed by atoms with Gasteiger partial charge in [-0.2, -0.15) is 10.1 Å². The van der Waals surface area contributed by atoms with Crippen molar-refractivity contribution in [2.45, 2.75) is 13.3 Å². The van der Waals surface area contributed by atoms with Gasteiger partial charge in [-0.05, 0) is 36.8 Å². The molecule has 2 aromatic heterocycles. The predicted molar refractivity (Wildman–Crippen MR) is 118 cm³/mol. The van der Waals surface area contributed by atoms with Crippen LogP contribution in [0.3, 0.4) is 0 Å². The van der Waals surface area contributed by atoms with Crippen molar-refractivity contribution in [1.82, 2.24) is 14.6 Å². The molecule has 158 valence electrons. The lowest BCUT2D eigenvalue weighted by molar-refractivity contribution is -0.119. The fourth-order valence-corrected chi connectivity index (χ4v) is 3.92. The van der Waals surface area contributed by atoms with E-state index in [0.717, 1.165) is 16.9 Å². The number of carbonyl (C=O) groups excluding carboxylic acids is 1. The normalized spacial score (nSPS) is 10.9. The molecule has 4 rings (SSSR count). The van der Waals surface area contributed by atoms with Crippen molar-refractivity contribution in [2.75, 3.05) is 13.2 Å². The lowest BCUT2D eigenvalue weighted by atomic mass is 10.1. The first kappa shape index (κ1) is 20.5. The Hall–Kier alpha value is -3.72. The van der Waals surface area contributed by atoms with E-state index in [2.05, 4.69) is 10.1 Å². The number of carbonyl (C=O) groups is 1. The van der Waals surface area contributed by atoms with Gasteiger partial charge >= 0.3 is 0 Å². The van der Waals surface area contributed by atoms with Crippen molar-refractivity contribution >= 4 is 22.2 Å². The molecule has 31 heavy (non-hydrogen) atoms. The lowest BCUT2D eigenvalue weighted by Crippen LogP contribution is -2.20. The van der Waals surface area contributed by atoms with Crippen molar-refractivity contribution < 1.29 is 14.3 Å². The van der Waals surface area contributed by atoms with Crippen LogP contribution in [-0.2, 0) is 11.2 Å². The van der Waals surface area contributed by atoms with Crippen LogP contribution in [0, 0.1) is 0 Å². The first-order valence-corrected chi connectivity index (χ1v) is 10.5. The molecule has 0 atom stereocenters. The molecule has 4 aromatic rings. The highest BCUT2D eigenvalue weighted by molar-refractivity contribution is 7.15. The molecule has 0 aliphatic rings. The summed E-state index contributed by atoms with van der Waals surface area (Å²) < 4.78 is 12.6. The van der Waals surface area contributed by atoms with Crippen LogP contribution in [0.5, 0.6) is 11.5 Å². The van der Waals surface area contributed by atoms with E-state index >= 15 is 0 Å². The van der Waals surface area contributed by atoms with E-state index in [-0.39, 0.29) is 12.2 Å². The summed E-state index contributed by atoms with van der Waals surface area (Å²) in [6.45, 7) is 2.28. The molecule has 0 unspecified atom stereocenters. The summed E-state index contributed by atoms with van der Waals surface area (Å²) in [5.74, 6) is 0.706. The summed E-state index contributed by atoms with van der Waals surface area (Å²) in [6.07, 6.45) is 0.344. The zero-order valence-corrected chi connectivity index (χ0v) is 17.6. The summed E-state index contributed by atoms with van der Waals surface area (Å²) in [5, 5.41) is 6.42. The van der Waals surface area contributed by atoms with E-state index in [1.54, 1.807) is 16.6 Å². The quantitative estimate of drug-likeness (QED) is 0.455. The molecule has 0 spiro atoms. The second-order valence-corrected chi connectivity index (χ2v) is 7.52. The highest BCUT2D eigenvalue weighted by Gasteiger charge is 2.16. The van der Waals surface area contributed by atoms with Gasteiger partial charge in [0.15, 0.2) is 6.61 Å². The number of fused-ring (bicyclic) bond motifs is 1. The number of nitrogens with zero attached hydrogens (tertiary/aromatic N) is 3. The average Bonchev–Trinajstić information content (AvgIpc) is 3.16. The molecule has 8 nitrogen and oxygen atoms in total. The predicted octanol–water partition coefficient (Wildman–Crippen LogP) is 2.67. The van der Waals surface area contributed by atoms with Crippen LogP contribution in [0.1, 0.15) is 18.2 Å². The first-order valence-electron chi connectivity index (χ1n) is 9.65. The number of aromatic nitrogens is 3. The second-order valence-electron chi connectivity index (χ2n) is 6.68. The Balaban J connectivity index is 1.70. The summed E-state index contributed by atoms with van der Waals surface area (Å²) in [7, 11) is 0. The number of benzene rings is 2. The molecule has 0 fully saturated rings. The Bertz CT molecular complexity index is 1280. The molecule has 0 aliphatic carbocycles. The molecule has 2 heterocycles. The number of rotatable bonds is 8. The molecule has 0 saturated heterocycles. The van der Waals surface area contributed by atoms with E-state index in [9.17, 15) is 9.59 Å². The van der Waals surface area contributed by atoms with Crippen molar-refractivity contribution in [3.8, 4) is 22.8 Å². The highest BCUT2D eigenvalue weighted by atomic mass is 32.1. The summed E-state index contributed by atoms with van der Waals surface area (Å²) >= 11 is 1.30. The largest absolute Gasteiger partial charge is 0.494 e. The molecular weight excluding hydrogens is 416 g/mol. The van der Waals surface area contributed by atoms with Gasteiger partial charge in [0.1, 0.15) is 17.2 Å². The van der Waals surface area contributed by atoms with Crippen LogP contribution in [0.25, 0.3) is 16.2 Å². The van der Waals surface area contributed by atoms with E-state index in [1.807, 2.05) is 48.7 Å². The maximum atomic E-state index is 12.5. The maximum absolute atomic E-state index is 12.5. The number of nitrogens with two attached hydrogens (primary N) is 1. The van der Waals surface area contributed by atoms with Crippen molar-refractivity contribution in [1.29, 1.82) is 0 Å². The van der Waals surface area contributed by atoms with Crippen LogP contribution in [0.15, 0.2) is 58.7 Å². The SMILES string of the molecule is CCOc1ccc(Cc2nn3c(-c4ccccc4OCC(N)=O)csc3nc2=O)cc1. The molecular formula is C22H20N4O4S. The standard InChI is InChI=1S/C22H20N4O4S/c1-2-29-15-9-7-14(8-10-15)11-17-21(28)24-22-26(25-17)18(13-31-22)16-5-3-4-6-19(16)30-12-20(23)27/h3-10,13H,2,11-12H2,1H3,(H2,23,27). The molecule has 0 radical (unpaired) electrons. The minimum Gasteiger partial charge on any atom is -0.494 e. The lowest BCUT2D eigenvalue weighted by Gasteiger charge is -2.10. The van der Waals surface area contributed by atoms with Crippen LogP contribution >= 0.6 is 11.3 Å². The maximum Gasteiger partial charge on any atom is 0.296 e. The van der Waals surface area contributed by atoms with Gasteiger partial charge in [0.25, 0.3) is 11.5 Å². The molecule has 9 heteroatoms. The fraction of sp³-hybridized carbons (Fsp3) is 0.182. The number of hydrogen-bond donors (Lipinski definition) is 1. The smallest absolute Gasteiger partial charge is 0.296 e. The van der Waals surface area contributed by atoms with Gasteiger partial charge < -0.3 is 15.2 Å². The third-order valence-corrected chi connectivity index (χ3v) is 5.31. The van der Waals surface area contributed by atoms with Gasteiger partial charge in [-0.3, -0.25) is 9.59 Å². The first-order chi connectivity index (χ1) is 15.0. The van der Waals surface area contributed by atoms with Gasteiger partial charge in [-0.25, -0.2) is 4.52 Å². The second kappa shape index (κ2) is 8.97. The third kappa shape index (κ3) is 4.56. The topological polar surface area (TPSA) is 109 Å². The summed E-state index contributed by atoms with van der Waals surface area (Å²) in [6, 6.07) is 14.8. The number of para-hydroxylation sites is 1. The Kier molecular flexibility index (Phi) is 5.94. The van der Waals surface area contributed by atoms with E-state index < -0.39 is 5.91 Å². The Morgan fingerprint density at radius 3 is 2.65 bits per heavy atom. The van der Waals surface area contributed by atoms with Crippen LogP contribution in [0.4, 0.5) is 0 Å². The zero-order chi connectivity index (χ0) is 21.8. The van der Waals surface area contributed by atoms with E-state index in [0.29, 0.717) is 35.1 Å². The van der Waals surface area contributed by atoms with Gasteiger partial charge in [0, 0.05) is 17.4 Å². The number of thiazole rings is 1. The third-order valence-electron chi connectivity index (χ3n) is 4.49. The van der Waals surface area contributed by atoms with Crippen LogP contribution in [0.2, 0.25) is 0 Å². The van der Waals surface area contributed by atoms with Gasteiger partial charge in [0.05, 0.1) is 12.3 Å². The van der Waals surface area contributed by atoms with Crippen molar-refractivity contribution in [3.63, 3.8) is 0 Å². The molecule has 2 N–H and O–H groups in total. The molecule has 0 bridgehead atoms. The number of hydrogen-bond acceptors (Lipinski definition) is 7. The van der Waals surface area contributed by atoms with Crippen LogP contribution in [-0.4, -0.2) is 33.7 Å². The van der Waals surface area contributed by atoms with E-state index in [4.69, 9.17) is 15.2 Å². The molecule has 0 aliphatic heterocycles. The van der Waals surface area contributed by atoms with Crippen LogP contribution < -0.4 is 20.8 Å². The van der Waals surface area contributed by atoms with E-state index in [1.165, 1.54) is 11.3 Å². The highest BCUT2D eigenvalue weighted by Crippen LogP contribution is 2.32. The number of primary amides is 1. The average molecular weight is 436 g/mol. The molecule has 1 amide bonds. The Morgan fingerprint density at radius 1 is 1.13 bits per heavy atom. The monoisotopic (exact) mass is 436 g/mol. The van der Waals surface area contributed by atoms with Gasteiger partial charge in [0.2, 0.25) is 4.96 Å². The summed E-state index contributed by atoms with van der Waals surface area (Å²) in [4.78, 5) is 28.3. The zero-order valence-electron chi connectivity index (χ0n) is 16.8. The van der Waals surface area contributed by atoms with Gasteiger partial charge in [-0.1, -0.05) is 24.3 Å². The molecule has 0 saturated carbocycles. The minimum absolute atomic E-state index is 0.233. The minimum atomic E-state index is -0.564. The fourth-order valence-electron chi connectivity index (χ4n) is 3.10. The van der Waals surface area contributed by atoms with Crippen molar-refractivity contribution in [2.24, 2.45) is 5.73 Å². The van der Waals surface area contributed by atoms with Crippen molar-refractivity contribution in [3.05, 3.63) is 75.5 Å². The number of ether oxygens (including phenoxy) is 2. The molecule has 2 aromatic carbocycles. The summed E-state index contributed by atoms with van der Waals surface area (Å²) in [5.41, 5.74) is 7.53. The Labute approximate surface area is 181 Å². The number of amides is 1. The van der Waals surface area contributed by atoms with Gasteiger partial charge in [-0.15, -0.1) is 11.3 Å².